The number of aliphatic hydroxyl groups excluding tert-OH is 1. The second kappa shape index (κ2) is 9.64. The summed E-state index contributed by atoms with van der Waals surface area (Å²) in [6.45, 7) is 13.3. The van der Waals surface area contributed by atoms with Crippen molar-refractivity contribution in [1.29, 1.82) is 0 Å². The van der Waals surface area contributed by atoms with Gasteiger partial charge in [-0.15, -0.1) is 0 Å². The zero-order chi connectivity index (χ0) is 21.8. The highest BCUT2D eigenvalue weighted by molar-refractivity contribution is 5.89. The lowest BCUT2D eigenvalue weighted by Crippen LogP contribution is -2.32. The van der Waals surface area contributed by atoms with Crippen LogP contribution in [-0.2, 0) is 4.79 Å². The van der Waals surface area contributed by atoms with Gasteiger partial charge in [0.15, 0.2) is 0 Å². The molecule has 0 aliphatic heterocycles. The molecular formula is C26H42O3. The van der Waals surface area contributed by atoms with Gasteiger partial charge in [0.1, 0.15) is 11.5 Å². The van der Waals surface area contributed by atoms with Crippen molar-refractivity contribution >= 4 is 5.78 Å². The van der Waals surface area contributed by atoms with Gasteiger partial charge >= 0.3 is 0 Å². The highest BCUT2D eigenvalue weighted by Crippen LogP contribution is 2.63. The molecule has 5 unspecified atom stereocenters. The highest BCUT2D eigenvalue weighted by Gasteiger charge is 2.61. The number of carbonyl (C=O) groups excluding carboxylic acids is 1. The molecule has 0 aromatic heterocycles. The summed E-state index contributed by atoms with van der Waals surface area (Å²) in [6, 6.07) is 8.71. The first kappa shape index (κ1) is 23.9. The van der Waals surface area contributed by atoms with E-state index in [1.54, 1.807) is 24.3 Å². The number of ketones is 1. The predicted molar refractivity (Wildman–Crippen MR) is 120 cm³/mol. The first-order chi connectivity index (χ1) is 13.5. The number of hydrogen-bond acceptors (Lipinski definition) is 3. The van der Waals surface area contributed by atoms with Crippen LogP contribution >= 0.6 is 0 Å². The van der Waals surface area contributed by atoms with Gasteiger partial charge in [-0.05, 0) is 66.9 Å². The van der Waals surface area contributed by atoms with E-state index in [2.05, 4.69) is 41.5 Å². The van der Waals surface area contributed by atoms with Crippen LogP contribution in [0.15, 0.2) is 30.3 Å². The van der Waals surface area contributed by atoms with Crippen molar-refractivity contribution in [3.05, 3.63) is 30.3 Å². The summed E-state index contributed by atoms with van der Waals surface area (Å²) in [6.07, 6.45) is 6.77. The third-order valence-corrected chi connectivity index (χ3v) is 8.23. The van der Waals surface area contributed by atoms with Crippen LogP contribution in [0.4, 0.5) is 0 Å². The van der Waals surface area contributed by atoms with Crippen molar-refractivity contribution < 1.29 is 15.0 Å². The first-order valence-electron chi connectivity index (χ1n) is 11.4. The van der Waals surface area contributed by atoms with Crippen LogP contribution in [0.25, 0.3) is 0 Å². The van der Waals surface area contributed by atoms with Gasteiger partial charge in [-0.1, -0.05) is 66.2 Å². The number of fused-ring (bicyclic) bond motifs is 2. The number of phenols is 1. The van der Waals surface area contributed by atoms with Crippen molar-refractivity contribution in [1.82, 2.24) is 0 Å². The molecule has 164 valence electrons. The molecule has 3 heteroatoms. The van der Waals surface area contributed by atoms with Crippen LogP contribution in [0.5, 0.6) is 5.75 Å². The minimum atomic E-state index is -0.0289. The van der Waals surface area contributed by atoms with Crippen LogP contribution in [0, 0.1) is 34.5 Å². The Bertz CT molecular complexity index is 651. The second-order valence-electron chi connectivity index (χ2n) is 10.6. The van der Waals surface area contributed by atoms with Gasteiger partial charge in [0.2, 0.25) is 0 Å². The maximum absolute atomic E-state index is 11.6. The lowest BCUT2D eigenvalue weighted by Gasteiger charge is -2.33. The molecule has 4 rings (SSSR count). The van der Waals surface area contributed by atoms with Gasteiger partial charge in [-0.2, -0.15) is 0 Å². The molecule has 3 aliphatic carbocycles. The maximum atomic E-state index is 11.6. The summed E-state index contributed by atoms with van der Waals surface area (Å²) < 4.78 is 0. The van der Waals surface area contributed by atoms with Crippen molar-refractivity contribution in [2.45, 2.75) is 86.2 Å². The Morgan fingerprint density at radius 1 is 1.03 bits per heavy atom. The molecule has 2 bridgehead atoms. The zero-order valence-electron chi connectivity index (χ0n) is 19.3. The lowest BCUT2D eigenvalue weighted by atomic mass is 9.70. The molecule has 0 spiro atoms. The third-order valence-electron chi connectivity index (χ3n) is 8.23. The topological polar surface area (TPSA) is 57.5 Å². The van der Waals surface area contributed by atoms with Crippen LogP contribution in [-0.4, -0.2) is 22.1 Å². The van der Waals surface area contributed by atoms with Gasteiger partial charge in [-0.25, -0.2) is 0 Å². The molecule has 3 saturated carbocycles. The number of rotatable bonds is 1. The number of aromatic hydroxyl groups is 1. The van der Waals surface area contributed by atoms with Gasteiger partial charge in [0.05, 0.1) is 6.10 Å². The number of aliphatic hydroxyl groups is 1. The van der Waals surface area contributed by atoms with Crippen LogP contribution in [0.3, 0.4) is 0 Å². The summed E-state index contributed by atoms with van der Waals surface area (Å²) in [4.78, 5) is 11.6. The first-order valence-corrected chi connectivity index (χ1v) is 11.4. The molecular weight excluding hydrogens is 360 g/mol. The zero-order valence-corrected chi connectivity index (χ0v) is 19.3. The molecule has 3 aliphatic rings. The van der Waals surface area contributed by atoms with Crippen LogP contribution in [0.1, 0.15) is 80.1 Å². The smallest absolute Gasteiger partial charge is 0.139 e. The van der Waals surface area contributed by atoms with E-state index in [9.17, 15) is 9.90 Å². The Morgan fingerprint density at radius 2 is 1.66 bits per heavy atom. The van der Waals surface area contributed by atoms with Gasteiger partial charge in [0, 0.05) is 11.8 Å². The largest absolute Gasteiger partial charge is 0.508 e. The number of para-hydroxylation sites is 1. The highest BCUT2D eigenvalue weighted by atomic mass is 16.3. The average Bonchev–Trinajstić information content (AvgIpc) is 2.96. The third kappa shape index (κ3) is 5.42. The summed E-state index contributed by atoms with van der Waals surface area (Å²) >= 11 is 0. The van der Waals surface area contributed by atoms with Crippen molar-refractivity contribution in [2.24, 2.45) is 34.5 Å². The normalized spacial score (nSPS) is 34.8. The number of hydrogen-bond donors (Lipinski definition) is 2. The van der Waals surface area contributed by atoms with E-state index in [-0.39, 0.29) is 16.9 Å². The number of carbonyl (C=O) groups is 1. The molecule has 1 aromatic rings. The van der Waals surface area contributed by atoms with E-state index in [1.807, 2.05) is 6.07 Å². The number of phenolic OH excluding ortho intramolecular Hbond substituents is 1. The van der Waals surface area contributed by atoms with E-state index in [4.69, 9.17) is 5.11 Å². The van der Waals surface area contributed by atoms with Crippen LogP contribution < -0.4 is 0 Å². The molecule has 0 saturated heterocycles. The number of benzene rings is 1. The predicted octanol–water partition coefficient (Wildman–Crippen LogP) is 6.23. The Kier molecular flexibility index (Phi) is 7.95. The quantitative estimate of drug-likeness (QED) is 0.585. The summed E-state index contributed by atoms with van der Waals surface area (Å²) in [5.41, 5.74) is 0.307. The minimum absolute atomic E-state index is 0.0255. The van der Waals surface area contributed by atoms with E-state index >= 15 is 0 Å². The fourth-order valence-electron chi connectivity index (χ4n) is 5.48. The Morgan fingerprint density at radius 3 is 1.97 bits per heavy atom. The molecule has 3 fully saturated rings. The second-order valence-corrected chi connectivity index (χ2v) is 10.6. The van der Waals surface area contributed by atoms with E-state index in [0.717, 1.165) is 25.2 Å². The maximum Gasteiger partial charge on any atom is 0.139 e. The van der Waals surface area contributed by atoms with Crippen molar-refractivity contribution in [3.63, 3.8) is 0 Å². The SMILES string of the molecule is CC12CCC(CC1=O)C2(C)C.CC1CCC(C(C)C)C(O)C1.Oc1ccccc1. The summed E-state index contributed by atoms with van der Waals surface area (Å²) in [5.74, 6) is 3.46. The average molecular weight is 403 g/mol. The summed E-state index contributed by atoms with van der Waals surface area (Å²) in [7, 11) is 0. The van der Waals surface area contributed by atoms with Gasteiger partial charge in [-0.3, -0.25) is 4.79 Å². The van der Waals surface area contributed by atoms with E-state index in [1.165, 1.54) is 19.3 Å². The lowest BCUT2D eigenvalue weighted by molar-refractivity contribution is -0.128. The minimum Gasteiger partial charge on any atom is -0.508 e. The van der Waals surface area contributed by atoms with E-state index < -0.39 is 0 Å². The van der Waals surface area contributed by atoms with Crippen molar-refractivity contribution in [2.75, 3.05) is 0 Å². The number of Topliss-reactive ketones (excluding diaryl/α,β-unsaturated/α-hetero) is 1. The standard InChI is InChI=1S/C10H16O.C10H20O.C6H6O/c1-9(2)7-4-5-10(9,3)8(11)6-7;1-7(2)9-5-4-8(3)6-10(9)11;7-6-4-2-1-3-5-6/h7H,4-6H2,1-3H3;7-11H,4-6H2,1-3H3;1-5,7H. The molecule has 0 radical (unpaired) electrons. The fraction of sp³-hybridized carbons (Fsp3) is 0.731. The molecule has 29 heavy (non-hydrogen) atoms. The molecule has 1 aromatic carbocycles. The Balaban J connectivity index is 0.000000160. The molecule has 5 atom stereocenters. The van der Waals surface area contributed by atoms with Crippen molar-refractivity contribution in [3.8, 4) is 5.75 Å². The van der Waals surface area contributed by atoms with Gasteiger partial charge < -0.3 is 10.2 Å². The molecule has 0 amide bonds. The Labute approximate surface area is 177 Å². The Hall–Kier alpha value is -1.35. The van der Waals surface area contributed by atoms with E-state index in [0.29, 0.717) is 29.3 Å². The monoisotopic (exact) mass is 402 g/mol. The molecule has 0 heterocycles. The molecule has 2 N–H and O–H groups in total. The summed E-state index contributed by atoms with van der Waals surface area (Å²) in [5, 5.41) is 18.3. The fourth-order valence-corrected chi connectivity index (χ4v) is 5.48. The van der Waals surface area contributed by atoms with Gasteiger partial charge in [0.25, 0.3) is 0 Å². The van der Waals surface area contributed by atoms with Crippen LogP contribution in [0.2, 0.25) is 0 Å². The molecule has 3 nitrogen and oxygen atoms in total.